The van der Waals surface area contributed by atoms with Crippen molar-refractivity contribution in [3.05, 3.63) is 30.1 Å². The summed E-state index contributed by atoms with van der Waals surface area (Å²) in [5.41, 5.74) is 1.21. The lowest BCUT2D eigenvalue weighted by Gasteiger charge is -2.21. The van der Waals surface area contributed by atoms with Gasteiger partial charge in [0.1, 0.15) is 0 Å². The molecule has 0 aromatic carbocycles. The predicted octanol–water partition coefficient (Wildman–Crippen LogP) is 0.938. The molecular weight excluding hydrogens is 214 g/mol. The van der Waals surface area contributed by atoms with Gasteiger partial charge in [0.25, 0.3) is 0 Å². The van der Waals surface area contributed by atoms with Gasteiger partial charge in [0.05, 0.1) is 0 Å². The molecular formula is C13H21N3O. The fourth-order valence-corrected chi connectivity index (χ4v) is 1.73. The Morgan fingerprint density at radius 2 is 2.12 bits per heavy atom. The summed E-state index contributed by atoms with van der Waals surface area (Å²) in [6.07, 6.45) is 4.43. The van der Waals surface area contributed by atoms with Gasteiger partial charge in [0, 0.05) is 38.4 Å². The van der Waals surface area contributed by atoms with Crippen molar-refractivity contribution < 1.29 is 4.79 Å². The van der Waals surface area contributed by atoms with Gasteiger partial charge >= 0.3 is 0 Å². The summed E-state index contributed by atoms with van der Waals surface area (Å²) < 4.78 is 0. The minimum Gasteiger partial charge on any atom is -0.345 e. The third-order valence-electron chi connectivity index (χ3n) is 2.79. The molecule has 1 aromatic heterocycles. The number of hydrogen-bond acceptors (Lipinski definition) is 3. The van der Waals surface area contributed by atoms with E-state index in [1.807, 2.05) is 33.2 Å². The first kappa shape index (κ1) is 13.6. The molecule has 0 saturated heterocycles. The van der Waals surface area contributed by atoms with Crippen LogP contribution in [0.2, 0.25) is 0 Å². The molecule has 1 unspecified atom stereocenters. The number of nitrogens with zero attached hydrogens (tertiary/aromatic N) is 2. The Kier molecular flexibility index (Phi) is 5.63. The monoisotopic (exact) mass is 235 g/mol. The normalized spacial score (nSPS) is 12.2. The predicted molar refractivity (Wildman–Crippen MR) is 68.7 cm³/mol. The van der Waals surface area contributed by atoms with Gasteiger partial charge in [0.15, 0.2) is 0 Å². The van der Waals surface area contributed by atoms with E-state index in [1.54, 1.807) is 17.3 Å². The van der Waals surface area contributed by atoms with Crippen molar-refractivity contribution >= 4 is 5.91 Å². The van der Waals surface area contributed by atoms with Gasteiger partial charge in [-0.1, -0.05) is 6.92 Å². The Labute approximate surface area is 103 Å². The second kappa shape index (κ2) is 7.01. The molecule has 1 atom stereocenters. The Balaban J connectivity index is 2.39. The standard InChI is InChI=1S/C13H21N3O/c1-11(10-14-2)13(17)16(3)9-6-12-4-7-15-8-5-12/h4-5,7-8,11,14H,6,9-10H2,1-3H3. The highest BCUT2D eigenvalue weighted by atomic mass is 16.2. The number of rotatable bonds is 6. The first-order valence-electron chi connectivity index (χ1n) is 5.93. The number of carbonyl (C=O) groups excluding carboxylic acids is 1. The maximum atomic E-state index is 11.9. The molecule has 1 N–H and O–H groups in total. The molecule has 0 aliphatic heterocycles. The van der Waals surface area contributed by atoms with Crippen LogP contribution in [-0.2, 0) is 11.2 Å². The molecule has 0 aliphatic carbocycles. The number of likely N-dealkylation sites (N-methyl/N-ethyl adjacent to an activating group) is 1. The molecule has 4 nitrogen and oxygen atoms in total. The lowest BCUT2D eigenvalue weighted by molar-refractivity contribution is -0.133. The molecule has 4 heteroatoms. The fraction of sp³-hybridized carbons (Fsp3) is 0.538. The molecule has 0 saturated carbocycles. The lowest BCUT2D eigenvalue weighted by atomic mass is 10.1. The zero-order chi connectivity index (χ0) is 12.7. The summed E-state index contributed by atoms with van der Waals surface area (Å²) in [5.74, 6) is 0.218. The first-order chi connectivity index (χ1) is 8.15. The maximum Gasteiger partial charge on any atom is 0.226 e. The molecule has 1 aromatic rings. The highest BCUT2D eigenvalue weighted by Crippen LogP contribution is 2.03. The molecule has 0 bridgehead atoms. The fourth-order valence-electron chi connectivity index (χ4n) is 1.73. The SMILES string of the molecule is CNCC(C)C(=O)N(C)CCc1ccncc1. The third-order valence-corrected chi connectivity index (χ3v) is 2.79. The van der Waals surface area contributed by atoms with E-state index < -0.39 is 0 Å². The minimum atomic E-state index is 0.0300. The van der Waals surface area contributed by atoms with Crippen LogP contribution >= 0.6 is 0 Å². The zero-order valence-corrected chi connectivity index (χ0v) is 10.8. The van der Waals surface area contributed by atoms with Crippen LogP contribution in [0.5, 0.6) is 0 Å². The van der Waals surface area contributed by atoms with Crippen LogP contribution in [0.4, 0.5) is 0 Å². The minimum absolute atomic E-state index is 0.0300. The second-order valence-electron chi connectivity index (χ2n) is 4.32. The molecule has 0 radical (unpaired) electrons. The summed E-state index contributed by atoms with van der Waals surface area (Å²) in [4.78, 5) is 17.7. The summed E-state index contributed by atoms with van der Waals surface area (Å²) in [6, 6.07) is 3.96. The van der Waals surface area contributed by atoms with Gasteiger partial charge in [-0.15, -0.1) is 0 Å². The number of amides is 1. The van der Waals surface area contributed by atoms with Gasteiger partial charge in [-0.2, -0.15) is 0 Å². The number of nitrogens with one attached hydrogen (secondary N) is 1. The molecule has 1 rings (SSSR count). The number of hydrogen-bond donors (Lipinski definition) is 1. The van der Waals surface area contributed by atoms with Crippen molar-refractivity contribution in [1.29, 1.82) is 0 Å². The molecule has 0 spiro atoms. The van der Waals surface area contributed by atoms with E-state index in [1.165, 1.54) is 5.56 Å². The van der Waals surface area contributed by atoms with Gasteiger partial charge in [-0.05, 0) is 31.2 Å². The van der Waals surface area contributed by atoms with E-state index in [0.717, 1.165) is 19.5 Å². The van der Waals surface area contributed by atoms with Crippen molar-refractivity contribution in [1.82, 2.24) is 15.2 Å². The van der Waals surface area contributed by atoms with E-state index in [2.05, 4.69) is 10.3 Å². The Morgan fingerprint density at radius 1 is 1.47 bits per heavy atom. The zero-order valence-electron chi connectivity index (χ0n) is 10.8. The maximum absolute atomic E-state index is 11.9. The average Bonchev–Trinajstić information content (AvgIpc) is 2.36. The van der Waals surface area contributed by atoms with Crippen LogP contribution in [0.1, 0.15) is 12.5 Å². The molecule has 0 aliphatic rings. The average molecular weight is 235 g/mol. The lowest BCUT2D eigenvalue weighted by Crippen LogP contribution is -2.37. The smallest absolute Gasteiger partial charge is 0.226 e. The molecule has 0 fully saturated rings. The summed E-state index contributed by atoms with van der Waals surface area (Å²) in [6.45, 7) is 3.41. The van der Waals surface area contributed by atoms with E-state index in [-0.39, 0.29) is 11.8 Å². The van der Waals surface area contributed by atoms with E-state index >= 15 is 0 Å². The van der Waals surface area contributed by atoms with Crippen LogP contribution in [-0.4, -0.2) is 43.0 Å². The molecule has 17 heavy (non-hydrogen) atoms. The van der Waals surface area contributed by atoms with Crippen LogP contribution in [0.15, 0.2) is 24.5 Å². The highest BCUT2D eigenvalue weighted by molar-refractivity contribution is 5.78. The van der Waals surface area contributed by atoms with Crippen molar-refractivity contribution in [2.45, 2.75) is 13.3 Å². The van der Waals surface area contributed by atoms with E-state index in [0.29, 0.717) is 0 Å². The number of aromatic nitrogens is 1. The molecule has 1 amide bonds. The van der Waals surface area contributed by atoms with Crippen molar-refractivity contribution in [3.8, 4) is 0 Å². The van der Waals surface area contributed by atoms with Crippen LogP contribution < -0.4 is 5.32 Å². The quantitative estimate of drug-likeness (QED) is 0.798. The van der Waals surface area contributed by atoms with E-state index in [9.17, 15) is 4.79 Å². The van der Waals surface area contributed by atoms with Crippen molar-refractivity contribution in [2.24, 2.45) is 5.92 Å². The van der Waals surface area contributed by atoms with Crippen LogP contribution in [0, 0.1) is 5.92 Å². The highest BCUT2D eigenvalue weighted by Gasteiger charge is 2.16. The first-order valence-corrected chi connectivity index (χ1v) is 5.93. The molecule has 94 valence electrons. The van der Waals surface area contributed by atoms with Crippen molar-refractivity contribution in [3.63, 3.8) is 0 Å². The van der Waals surface area contributed by atoms with Gasteiger partial charge in [-0.3, -0.25) is 9.78 Å². The van der Waals surface area contributed by atoms with Crippen LogP contribution in [0.3, 0.4) is 0 Å². The van der Waals surface area contributed by atoms with Gasteiger partial charge < -0.3 is 10.2 Å². The number of pyridine rings is 1. The van der Waals surface area contributed by atoms with Gasteiger partial charge in [-0.25, -0.2) is 0 Å². The summed E-state index contributed by atoms with van der Waals surface area (Å²) in [7, 11) is 3.72. The third kappa shape index (κ3) is 4.53. The van der Waals surface area contributed by atoms with E-state index in [4.69, 9.17) is 0 Å². The topological polar surface area (TPSA) is 45.2 Å². The number of carbonyl (C=O) groups is 1. The second-order valence-corrected chi connectivity index (χ2v) is 4.32. The Morgan fingerprint density at radius 3 is 2.71 bits per heavy atom. The summed E-state index contributed by atoms with van der Waals surface area (Å²) >= 11 is 0. The van der Waals surface area contributed by atoms with Gasteiger partial charge in [0.2, 0.25) is 5.91 Å². The van der Waals surface area contributed by atoms with Crippen LogP contribution in [0.25, 0.3) is 0 Å². The van der Waals surface area contributed by atoms with Crippen molar-refractivity contribution in [2.75, 3.05) is 27.2 Å². The Hall–Kier alpha value is -1.42. The Bertz CT molecular complexity index is 340. The largest absolute Gasteiger partial charge is 0.345 e. The summed E-state index contributed by atoms with van der Waals surface area (Å²) in [5, 5.41) is 3.02. The molecule has 1 heterocycles.